The Balaban J connectivity index is -0.000000204. The summed E-state index contributed by atoms with van der Waals surface area (Å²) in [6.07, 6.45) is 4.58. The molecule has 0 radical (unpaired) electrons. The van der Waals surface area contributed by atoms with Crippen molar-refractivity contribution >= 4 is 99.0 Å². The number of hydrogen-bond donors (Lipinski definition) is 2. The summed E-state index contributed by atoms with van der Waals surface area (Å²) in [5.74, 6) is 0.349. The second-order valence-corrected chi connectivity index (χ2v) is 12.0. The molecule has 3 saturated heterocycles. The zero-order chi connectivity index (χ0) is 38.1. The first kappa shape index (κ1) is 58.7. The summed E-state index contributed by atoms with van der Waals surface area (Å²) in [6, 6.07) is 13.3. The average Bonchev–Trinajstić information content (AvgIpc) is 3.86. The number of nitro benzene ring substituents is 2. The van der Waals surface area contributed by atoms with Crippen LogP contribution in [0.3, 0.4) is 0 Å². The number of rotatable bonds is 5. The van der Waals surface area contributed by atoms with E-state index in [9.17, 15) is 34.6 Å². The third-order valence-corrected chi connectivity index (χ3v) is 8.24. The molecular weight excluding hydrogens is 1050 g/mol. The Bertz CT molecular complexity index is 1750. The number of anilines is 3. The number of hydrogen-bond acceptors (Lipinski definition) is 11. The fourth-order valence-corrected chi connectivity index (χ4v) is 5.40. The van der Waals surface area contributed by atoms with E-state index in [2.05, 4.69) is 10.2 Å². The van der Waals surface area contributed by atoms with E-state index in [4.69, 9.17) is 62.2 Å². The van der Waals surface area contributed by atoms with E-state index in [1.165, 1.54) is 36.4 Å². The molecule has 3 fully saturated rings. The largest absolute Gasteiger partial charge is 1.00 e. The topological polar surface area (TPSA) is 231 Å². The zero-order valence-corrected chi connectivity index (χ0v) is 44.2. The van der Waals surface area contributed by atoms with E-state index in [1.807, 2.05) is 0 Å². The number of benzene rings is 3. The Labute approximate surface area is 459 Å². The number of non-ortho nitro benzene ring substituents is 2. The fraction of sp³-hybridized carbons (Fsp3) is 0.333. The Morgan fingerprint density at radius 1 is 0.727 bits per heavy atom. The number of carbonyl (C=O) groups is 4. The van der Waals surface area contributed by atoms with Crippen molar-refractivity contribution in [2.75, 3.05) is 35.2 Å². The van der Waals surface area contributed by atoms with Crippen LogP contribution in [0, 0.1) is 20.2 Å². The van der Waals surface area contributed by atoms with Gasteiger partial charge < -0.3 is 32.4 Å². The molecule has 0 atom stereocenters. The van der Waals surface area contributed by atoms with Crippen molar-refractivity contribution < 1.29 is 180 Å². The summed E-state index contributed by atoms with van der Waals surface area (Å²) in [7, 11) is 0. The number of nitrogens with zero attached hydrogens (tertiary/aromatic N) is 4. The molecule has 3 heterocycles. The predicted octanol–water partition coefficient (Wildman–Crippen LogP) is 1.30. The number of nitrogen functional groups attached to an aromatic ring is 1. The van der Waals surface area contributed by atoms with Gasteiger partial charge in [-0.05, 0) is 49.6 Å². The number of carbonyl (C=O) groups excluding carboxylic acids is 4. The summed E-state index contributed by atoms with van der Waals surface area (Å²) in [5, 5.41) is 33.1. The van der Waals surface area contributed by atoms with E-state index in [1.54, 1.807) is 28.0 Å². The monoisotopic (exact) mass is 1090 g/mol. The van der Waals surface area contributed by atoms with Crippen LogP contribution in [0.15, 0.2) is 54.6 Å². The molecule has 0 aliphatic carbocycles. The van der Waals surface area contributed by atoms with Crippen molar-refractivity contribution in [3.05, 3.63) is 94.9 Å². The van der Waals surface area contributed by atoms with E-state index >= 15 is 0 Å². The van der Waals surface area contributed by atoms with Gasteiger partial charge in [0.25, 0.3) is 17.8 Å². The molecule has 0 unspecified atom stereocenters. The summed E-state index contributed by atoms with van der Waals surface area (Å²) < 4.78 is 0. The normalized spacial score (nSPS) is 13.3. The molecule has 22 heteroatoms. The van der Waals surface area contributed by atoms with Crippen molar-refractivity contribution in [1.29, 1.82) is 0 Å². The second kappa shape index (κ2) is 31.3. The van der Waals surface area contributed by atoms with Gasteiger partial charge in [-0.3, -0.25) is 39.4 Å². The van der Waals surface area contributed by atoms with Crippen molar-refractivity contribution in [2.45, 2.75) is 53.4 Å². The number of nitrogens with one attached hydrogen (secondary N) is 1. The number of nitrogens with two attached hydrogens (primary N) is 1. The van der Waals surface area contributed by atoms with Gasteiger partial charge in [0, 0.05) is 70.3 Å². The van der Waals surface area contributed by atoms with E-state index in [0.717, 1.165) is 44.5 Å². The van der Waals surface area contributed by atoms with Gasteiger partial charge in [-0.2, -0.15) is 0 Å². The van der Waals surface area contributed by atoms with Crippen LogP contribution in [0.4, 0.5) is 28.4 Å². The smallest absolute Gasteiger partial charge is 1.00 e. The third kappa shape index (κ3) is 20.8. The van der Waals surface area contributed by atoms with Crippen LogP contribution in [-0.2, 0) is 24.1 Å². The molecule has 3 aromatic rings. The molecule has 6 rings (SSSR count). The average molecular weight is 1090 g/mol. The Kier molecular flexibility index (Phi) is 33.4. The van der Waals surface area contributed by atoms with Gasteiger partial charge in [0.1, 0.15) is 0 Å². The summed E-state index contributed by atoms with van der Waals surface area (Å²) in [6.45, 7) is 2.08. The molecule has 294 valence electrons. The molecule has 3 aromatic carbocycles. The van der Waals surface area contributed by atoms with Crippen molar-refractivity contribution in [3.8, 4) is 0 Å². The van der Waals surface area contributed by atoms with Gasteiger partial charge in [0.15, 0.2) is 0 Å². The number of halogens is 4. The maximum Gasteiger partial charge on any atom is 1.00 e. The minimum atomic E-state index is -0.526. The molecule has 0 spiro atoms. The molecule has 3 N–H and O–H groups in total. The quantitative estimate of drug-likeness (QED) is 0.122. The van der Waals surface area contributed by atoms with E-state index < -0.39 is 9.85 Å². The molecule has 16 nitrogen and oxygen atoms in total. The van der Waals surface area contributed by atoms with Gasteiger partial charge in [-0.1, -0.05) is 61.3 Å². The molecule has 0 aromatic heterocycles. The van der Waals surface area contributed by atoms with Gasteiger partial charge in [-0.25, -0.2) is 0 Å². The fourth-order valence-electron chi connectivity index (χ4n) is 4.54. The number of amides is 3. The number of nitro groups is 2. The zero-order valence-electron chi connectivity index (χ0n) is 29.6. The van der Waals surface area contributed by atoms with Crippen LogP contribution >= 0.6 is 46.4 Å². The van der Waals surface area contributed by atoms with Crippen LogP contribution < -0.4 is 164 Å². The predicted molar refractivity (Wildman–Crippen MR) is 206 cm³/mol. The van der Waals surface area contributed by atoms with E-state index in [0.29, 0.717) is 40.8 Å². The molecule has 3 aliphatic heterocycles. The van der Waals surface area contributed by atoms with Crippen LogP contribution in [-0.4, -0.2) is 53.7 Å². The van der Waals surface area contributed by atoms with Crippen LogP contribution in [0.2, 0.25) is 20.1 Å². The SMILES string of the molecule is C.C.Nc1ccc(N2CCCC2=O)c(Cl)c1.O=C1CCCN1.O=C1CCCN1c1ccc([N+](=O)[O-])cc1Cl.O=CO[O-].O=[N+]([O-])c1ccc(Cl)c(Cl)c1.[Cs+].[Cs+].[H-].[HH]. The van der Waals surface area contributed by atoms with Gasteiger partial charge in [-0.15, -0.1) is 0 Å². The first-order valence-electron chi connectivity index (χ1n) is 14.9. The van der Waals surface area contributed by atoms with Gasteiger partial charge in [0.05, 0.1) is 41.3 Å². The van der Waals surface area contributed by atoms with Crippen LogP contribution in [0.25, 0.3) is 0 Å². The van der Waals surface area contributed by atoms with Crippen molar-refractivity contribution in [1.82, 2.24) is 5.32 Å². The Morgan fingerprint density at radius 2 is 1.16 bits per heavy atom. The minimum absolute atomic E-state index is 0. The molecule has 0 bridgehead atoms. The molecule has 0 saturated carbocycles. The van der Waals surface area contributed by atoms with Gasteiger partial charge >= 0.3 is 138 Å². The maximum absolute atomic E-state index is 11.5. The first-order valence-corrected chi connectivity index (χ1v) is 16.4. The van der Waals surface area contributed by atoms with E-state index in [-0.39, 0.29) is 201 Å². The third-order valence-electron chi connectivity index (χ3n) is 6.90. The Morgan fingerprint density at radius 3 is 1.47 bits per heavy atom. The molecule has 55 heavy (non-hydrogen) atoms. The van der Waals surface area contributed by atoms with Crippen molar-refractivity contribution in [3.63, 3.8) is 0 Å². The summed E-state index contributed by atoms with van der Waals surface area (Å²) in [4.78, 5) is 67.2. The van der Waals surface area contributed by atoms with Crippen molar-refractivity contribution in [2.24, 2.45) is 0 Å². The Hall–Kier alpha value is -0.636. The first-order chi connectivity index (χ1) is 24.2. The van der Waals surface area contributed by atoms with Gasteiger partial charge in [0.2, 0.25) is 17.7 Å². The minimum Gasteiger partial charge on any atom is -1.00 e. The molecule has 3 aliphatic rings. The standard InChI is InChI=1S/C10H9ClN2O3.C10H11ClN2O.C6H3Cl2NO2.C4H7NO.CH2O3.2CH4.2Cs.H2.H/c11-8-6-7(13(15)16)3-4-9(8)12-5-1-2-10(12)14;11-8-6-7(12)3-4-9(8)13-5-1-2-10(13)14;7-5-2-1-4(9(10)11)3-6(5)8;6-4-2-1-3-5-4;2-1-4-3;;;;;;/h3-4,6H,1-2,5H2;3-4,6H,1-2,5,12H2;1-3H;1-3H2,(H,5,6);1,3H;2*1H4;;;1H;/q;;;;;;;2*+1;;-1/p-1. The molecular formula is C33H42Cl4Cs2N6O10. The second-order valence-electron chi connectivity index (χ2n) is 10.4. The summed E-state index contributed by atoms with van der Waals surface area (Å²) in [5.41, 5.74) is 7.38. The van der Waals surface area contributed by atoms with Crippen LogP contribution in [0.1, 0.15) is 56.2 Å². The molecule has 3 amide bonds. The maximum atomic E-state index is 11.5. The summed E-state index contributed by atoms with van der Waals surface area (Å²) >= 11 is 23.0. The van der Waals surface area contributed by atoms with Crippen LogP contribution in [0.5, 0.6) is 0 Å².